The Morgan fingerprint density at radius 2 is 2.07 bits per heavy atom. The van der Waals surface area contributed by atoms with E-state index in [4.69, 9.17) is 33.0 Å². The van der Waals surface area contributed by atoms with Crippen molar-refractivity contribution < 1.29 is 9.15 Å². The Hall–Kier alpha value is -2.41. The van der Waals surface area contributed by atoms with Crippen LogP contribution in [0.2, 0.25) is 5.02 Å². The first kappa shape index (κ1) is 19.9. The average molecular weight is 428 g/mol. The van der Waals surface area contributed by atoms with Gasteiger partial charge in [-0.15, -0.1) is 0 Å². The van der Waals surface area contributed by atoms with Gasteiger partial charge in [-0.25, -0.2) is 0 Å². The van der Waals surface area contributed by atoms with Gasteiger partial charge in [0.1, 0.15) is 17.6 Å². The van der Waals surface area contributed by atoms with Gasteiger partial charge < -0.3 is 19.4 Å². The van der Waals surface area contributed by atoms with Crippen LogP contribution in [0.5, 0.6) is 0 Å². The molecule has 150 valence electrons. The van der Waals surface area contributed by atoms with Crippen LogP contribution in [-0.4, -0.2) is 35.3 Å². The highest BCUT2D eigenvalue weighted by atomic mass is 35.5. The van der Waals surface area contributed by atoms with Crippen molar-refractivity contribution in [3.63, 3.8) is 0 Å². The topological polar surface area (TPSA) is 50.5 Å². The van der Waals surface area contributed by atoms with Crippen molar-refractivity contribution in [2.75, 3.05) is 20.3 Å². The fourth-order valence-electron chi connectivity index (χ4n) is 3.68. The second kappa shape index (κ2) is 8.53. The minimum Gasteiger partial charge on any atom is -0.459 e. The lowest BCUT2D eigenvalue weighted by Gasteiger charge is -2.25. The summed E-state index contributed by atoms with van der Waals surface area (Å²) in [7, 11) is 1.69. The number of hydrogen-bond acceptors (Lipinski definition) is 4. The third-order valence-electron chi connectivity index (χ3n) is 5.19. The van der Waals surface area contributed by atoms with E-state index in [1.165, 1.54) is 0 Å². The van der Waals surface area contributed by atoms with Crippen molar-refractivity contribution in [2.24, 2.45) is 0 Å². The number of aromatic nitrogens is 1. The zero-order valence-corrected chi connectivity index (χ0v) is 17.8. The summed E-state index contributed by atoms with van der Waals surface area (Å²) < 4.78 is 11.6. The van der Waals surface area contributed by atoms with E-state index in [9.17, 15) is 0 Å². The lowest BCUT2D eigenvalue weighted by molar-refractivity contribution is 0.158. The van der Waals surface area contributed by atoms with Gasteiger partial charge in [0.25, 0.3) is 0 Å². The van der Waals surface area contributed by atoms with Crippen LogP contribution < -0.4 is 5.32 Å². The minimum absolute atomic E-state index is 0.111. The highest BCUT2D eigenvalue weighted by molar-refractivity contribution is 7.80. The average Bonchev–Trinajstić information content (AvgIpc) is 3.33. The van der Waals surface area contributed by atoms with Gasteiger partial charge >= 0.3 is 0 Å². The molecule has 1 saturated heterocycles. The molecule has 1 aromatic carbocycles. The lowest BCUT2D eigenvalue weighted by Crippen LogP contribution is -2.32. The quantitative estimate of drug-likeness (QED) is 0.563. The van der Waals surface area contributed by atoms with Gasteiger partial charge in [-0.2, -0.15) is 0 Å². The Balaban J connectivity index is 1.73. The third kappa shape index (κ3) is 3.88. The molecular formula is C22H22ClN3O2S. The molecular weight excluding hydrogens is 406 g/mol. The number of furan rings is 1. The van der Waals surface area contributed by atoms with Crippen LogP contribution in [0, 0.1) is 6.92 Å². The summed E-state index contributed by atoms with van der Waals surface area (Å²) >= 11 is 11.9. The Bertz CT molecular complexity index is 1010. The molecule has 0 unspecified atom stereocenters. The number of ether oxygens (including phenoxy) is 1. The maximum absolute atomic E-state index is 6.33. The van der Waals surface area contributed by atoms with Crippen LogP contribution in [0.25, 0.3) is 11.3 Å². The minimum atomic E-state index is -0.124. The molecule has 5 nitrogen and oxygen atoms in total. The number of benzene rings is 1. The Morgan fingerprint density at radius 3 is 2.83 bits per heavy atom. The molecule has 0 spiro atoms. The van der Waals surface area contributed by atoms with E-state index >= 15 is 0 Å². The molecule has 1 N–H and O–H groups in total. The van der Waals surface area contributed by atoms with Crippen LogP contribution >= 0.6 is 23.8 Å². The second-order valence-electron chi connectivity index (χ2n) is 6.93. The number of pyridine rings is 1. The summed E-state index contributed by atoms with van der Waals surface area (Å²) in [5.41, 5.74) is 2.89. The first-order valence-corrected chi connectivity index (χ1v) is 10.2. The van der Waals surface area contributed by atoms with Crippen molar-refractivity contribution in [3.8, 4) is 11.3 Å². The summed E-state index contributed by atoms with van der Waals surface area (Å²) in [4.78, 5) is 6.64. The summed E-state index contributed by atoms with van der Waals surface area (Å²) in [6.45, 7) is 3.21. The lowest BCUT2D eigenvalue weighted by atomic mass is 10.0. The van der Waals surface area contributed by atoms with Gasteiger partial charge in [-0.1, -0.05) is 29.8 Å². The maximum atomic E-state index is 6.33. The van der Waals surface area contributed by atoms with E-state index in [0.29, 0.717) is 18.3 Å². The molecule has 4 rings (SSSR count). The molecule has 1 fully saturated rings. The molecule has 0 bridgehead atoms. The number of hydrogen-bond donors (Lipinski definition) is 1. The van der Waals surface area contributed by atoms with Gasteiger partial charge in [-0.05, 0) is 55.0 Å². The molecule has 1 aliphatic rings. The standard InChI is InChI=1S/C22H22ClN3O2S/c1-14-15(6-5-7-16(14)23)18-9-10-19(28-18)21-20(17-8-3-4-11-24-17)25-22(29)26(21)12-13-27-2/h3-11,20-21H,12-13H2,1-2H3,(H,25,29)/t20-,21+/m1/s1. The fraction of sp³-hybridized carbons (Fsp3) is 0.273. The Morgan fingerprint density at radius 1 is 1.21 bits per heavy atom. The van der Waals surface area contributed by atoms with Crippen LogP contribution in [0.3, 0.4) is 0 Å². The molecule has 1 aliphatic heterocycles. The van der Waals surface area contributed by atoms with Crippen molar-refractivity contribution in [2.45, 2.75) is 19.0 Å². The van der Waals surface area contributed by atoms with Crippen LogP contribution in [-0.2, 0) is 4.74 Å². The molecule has 3 aromatic rings. The SMILES string of the molecule is COCCN1C(=S)N[C@H](c2ccccn2)[C@@H]1c1ccc(-c2cccc(Cl)c2C)o1. The summed E-state index contributed by atoms with van der Waals surface area (Å²) in [5.74, 6) is 1.60. The predicted octanol–water partition coefficient (Wildman–Crippen LogP) is 4.92. The van der Waals surface area contributed by atoms with E-state index < -0.39 is 0 Å². The van der Waals surface area contributed by atoms with Crippen molar-refractivity contribution in [3.05, 3.63) is 76.8 Å². The first-order chi connectivity index (χ1) is 14.1. The third-order valence-corrected chi connectivity index (χ3v) is 5.95. The molecule has 0 saturated carbocycles. The fourth-order valence-corrected chi connectivity index (χ4v) is 4.18. The van der Waals surface area contributed by atoms with Gasteiger partial charge in [0.05, 0.1) is 18.3 Å². The largest absolute Gasteiger partial charge is 0.459 e. The zero-order valence-electron chi connectivity index (χ0n) is 16.3. The van der Waals surface area contributed by atoms with E-state index in [1.54, 1.807) is 13.3 Å². The number of nitrogens with one attached hydrogen (secondary N) is 1. The summed E-state index contributed by atoms with van der Waals surface area (Å²) in [5, 5.41) is 4.79. The van der Waals surface area contributed by atoms with E-state index in [1.807, 2.05) is 55.5 Å². The second-order valence-corrected chi connectivity index (χ2v) is 7.72. The van der Waals surface area contributed by atoms with E-state index in [-0.39, 0.29) is 12.1 Å². The van der Waals surface area contributed by atoms with Crippen LogP contribution in [0.15, 0.2) is 59.1 Å². The number of methoxy groups -OCH3 is 1. The molecule has 0 aliphatic carbocycles. The van der Waals surface area contributed by atoms with Crippen LogP contribution in [0.4, 0.5) is 0 Å². The van der Waals surface area contributed by atoms with E-state index in [2.05, 4.69) is 15.2 Å². The highest BCUT2D eigenvalue weighted by Gasteiger charge is 2.41. The normalized spacial score (nSPS) is 18.9. The zero-order chi connectivity index (χ0) is 20.4. The molecule has 7 heteroatoms. The molecule has 2 aromatic heterocycles. The number of nitrogens with zero attached hydrogens (tertiary/aromatic N) is 2. The number of halogens is 1. The van der Waals surface area contributed by atoms with Crippen molar-refractivity contribution >= 4 is 28.9 Å². The van der Waals surface area contributed by atoms with Gasteiger partial charge in [0.2, 0.25) is 0 Å². The summed E-state index contributed by atoms with van der Waals surface area (Å²) in [6, 6.07) is 15.5. The Kier molecular flexibility index (Phi) is 5.85. The van der Waals surface area contributed by atoms with Gasteiger partial charge in [0, 0.05) is 30.4 Å². The molecule has 0 radical (unpaired) electrons. The van der Waals surface area contributed by atoms with Gasteiger partial charge in [0.15, 0.2) is 5.11 Å². The smallest absolute Gasteiger partial charge is 0.170 e. The molecule has 29 heavy (non-hydrogen) atoms. The van der Waals surface area contributed by atoms with Gasteiger partial charge in [-0.3, -0.25) is 4.98 Å². The Labute approximate surface area is 180 Å². The monoisotopic (exact) mass is 427 g/mol. The predicted molar refractivity (Wildman–Crippen MR) is 118 cm³/mol. The first-order valence-electron chi connectivity index (χ1n) is 9.42. The van der Waals surface area contributed by atoms with Crippen molar-refractivity contribution in [1.29, 1.82) is 0 Å². The summed E-state index contributed by atoms with van der Waals surface area (Å²) in [6.07, 6.45) is 1.79. The molecule has 3 heterocycles. The highest BCUT2D eigenvalue weighted by Crippen LogP contribution is 2.40. The number of rotatable bonds is 6. The number of thiocarbonyl (C=S) groups is 1. The molecule has 2 atom stereocenters. The van der Waals surface area contributed by atoms with Crippen LogP contribution in [0.1, 0.15) is 29.1 Å². The van der Waals surface area contributed by atoms with Crippen molar-refractivity contribution in [1.82, 2.24) is 15.2 Å². The molecule has 0 amide bonds. The maximum Gasteiger partial charge on any atom is 0.170 e. The van der Waals surface area contributed by atoms with E-state index in [0.717, 1.165) is 33.4 Å².